The van der Waals surface area contributed by atoms with Gasteiger partial charge in [-0.15, -0.1) is 0 Å². The summed E-state index contributed by atoms with van der Waals surface area (Å²) >= 11 is 1.62. The van der Waals surface area contributed by atoms with Crippen molar-refractivity contribution in [2.75, 3.05) is 27.4 Å². The number of hydrogen-bond donors (Lipinski definition) is 1. The van der Waals surface area contributed by atoms with Gasteiger partial charge < -0.3 is 14.8 Å². The second-order valence-corrected chi connectivity index (χ2v) is 5.42. The molecule has 1 aromatic carbocycles. The van der Waals surface area contributed by atoms with Crippen LogP contribution in [0.15, 0.2) is 52.5 Å². The molecule has 2 aromatic rings. The van der Waals surface area contributed by atoms with Crippen LogP contribution in [0, 0.1) is 0 Å². The van der Waals surface area contributed by atoms with Crippen molar-refractivity contribution < 1.29 is 9.47 Å². The molecule has 0 aliphatic heterocycles. The Hall–Kier alpha value is -1.56. The van der Waals surface area contributed by atoms with Gasteiger partial charge in [0.05, 0.1) is 18.6 Å². The number of rotatable bonds is 8. The molecule has 112 valence electrons. The van der Waals surface area contributed by atoms with Crippen LogP contribution in [-0.4, -0.2) is 32.4 Å². The van der Waals surface area contributed by atoms with E-state index >= 15 is 0 Å². The summed E-state index contributed by atoms with van der Waals surface area (Å²) < 4.78 is 10.4. The zero-order valence-corrected chi connectivity index (χ0v) is 13.2. The van der Waals surface area contributed by atoms with E-state index < -0.39 is 0 Å². The molecule has 21 heavy (non-hydrogen) atoms. The molecule has 0 saturated heterocycles. The predicted molar refractivity (Wildman–Crippen MR) is 84.9 cm³/mol. The molecule has 0 spiro atoms. The molecule has 0 aliphatic carbocycles. The van der Waals surface area contributed by atoms with Gasteiger partial charge in [0.15, 0.2) is 0 Å². The molecule has 0 amide bonds. The van der Waals surface area contributed by atoms with Gasteiger partial charge in [-0.05, 0) is 23.8 Å². The Morgan fingerprint density at radius 2 is 2.00 bits per heavy atom. The summed E-state index contributed by atoms with van der Waals surface area (Å²) in [5.74, 6) is 0.867. The Labute approximate surface area is 129 Å². The summed E-state index contributed by atoms with van der Waals surface area (Å²) in [7, 11) is 3.39. The van der Waals surface area contributed by atoms with Crippen LogP contribution in [-0.2, 0) is 11.3 Å². The smallest absolute Gasteiger partial charge is 0.132 e. The SMILES string of the molecule is COCCNCc1cccnc1Sc1ccccc1OC. The molecule has 5 heteroatoms. The Morgan fingerprint density at radius 1 is 1.14 bits per heavy atom. The molecule has 0 bridgehead atoms. The summed E-state index contributed by atoms with van der Waals surface area (Å²) in [4.78, 5) is 5.55. The van der Waals surface area contributed by atoms with E-state index in [-0.39, 0.29) is 0 Å². The van der Waals surface area contributed by atoms with Gasteiger partial charge in [0, 0.05) is 26.4 Å². The quantitative estimate of drug-likeness (QED) is 0.760. The van der Waals surface area contributed by atoms with Crippen LogP contribution < -0.4 is 10.1 Å². The topological polar surface area (TPSA) is 43.4 Å². The van der Waals surface area contributed by atoms with E-state index in [0.717, 1.165) is 28.8 Å². The van der Waals surface area contributed by atoms with Gasteiger partial charge in [0.2, 0.25) is 0 Å². The minimum atomic E-state index is 0.704. The minimum Gasteiger partial charge on any atom is -0.496 e. The number of nitrogens with one attached hydrogen (secondary N) is 1. The van der Waals surface area contributed by atoms with Crippen molar-refractivity contribution in [1.82, 2.24) is 10.3 Å². The third-order valence-corrected chi connectivity index (χ3v) is 4.04. The zero-order valence-electron chi connectivity index (χ0n) is 12.3. The maximum absolute atomic E-state index is 5.39. The summed E-state index contributed by atoms with van der Waals surface area (Å²) in [6, 6.07) is 12.0. The van der Waals surface area contributed by atoms with Crippen LogP contribution in [0.1, 0.15) is 5.56 Å². The summed E-state index contributed by atoms with van der Waals surface area (Å²) in [5, 5.41) is 4.34. The molecule has 1 aromatic heterocycles. The van der Waals surface area contributed by atoms with Crippen molar-refractivity contribution in [3.8, 4) is 5.75 Å². The van der Waals surface area contributed by atoms with E-state index in [1.807, 2.05) is 36.5 Å². The molecule has 1 heterocycles. The van der Waals surface area contributed by atoms with Gasteiger partial charge in [-0.25, -0.2) is 4.98 Å². The van der Waals surface area contributed by atoms with Gasteiger partial charge in [0.25, 0.3) is 0 Å². The van der Waals surface area contributed by atoms with E-state index in [1.165, 1.54) is 5.56 Å². The van der Waals surface area contributed by atoms with Crippen LogP contribution in [0.4, 0.5) is 0 Å². The van der Waals surface area contributed by atoms with Gasteiger partial charge in [-0.1, -0.05) is 30.0 Å². The van der Waals surface area contributed by atoms with E-state index in [4.69, 9.17) is 9.47 Å². The maximum Gasteiger partial charge on any atom is 0.132 e. The summed E-state index contributed by atoms with van der Waals surface area (Å²) in [6.07, 6.45) is 1.82. The number of aromatic nitrogens is 1. The largest absolute Gasteiger partial charge is 0.496 e. The van der Waals surface area contributed by atoms with Crippen molar-refractivity contribution >= 4 is 11.8 Å². The maximum atomic E-state index is 5.39. The molecular formula is C16H20N2O2S. The molecule has 4 nitrogen and oxygen atoms in total. The first-order chi connectivity index (χ1) is 10.3. The fraction of sp³-hybridized carbons (Fsp3) is 0.312. The van der Waals surface area contributed by atoms with Crippen LogP contribution in [0.25, 0.3) is 0 Å². The highest BCUT2D eigenvalue weighted by Crippen LogP contribution is 2.34. The molecule has 1 N–H and O–H groups in total. The average molecular weight is 304 g/mol. The fourth-order valence-electron chi connectivity index (χ4n) is 1.86. The van der Waals surface area contributed by atoms with Crippen molar-refractivity contribution in [1.29, 1.82) is 0 Å². The highest BCUT2D eigenvalue weighted by molar-refractivity contribution is 7.99. The fourth-order valence-corrected chi connectivity index (χ4v) is 2.85. The van der Waals surface area contributed by atoms with E-state index in [0.29, 0.717) is 6.61 Å². The number of para-hydroxylation sites is 1. The van der Waals surface area contributed by atoms with Crippen molar-refractivity contribution in [2.24, 2.45) is 0 Å². The number of methoxy groups -OCH3 is 2. The predicted octanol–water partition coefficient (Wildman–Crippen LogP) is 2.98. The van der Waals surface area contributed by atoms with Crippen LogP contribution in [0.2, 0.25) is 0 Å². The number of nitrogens with zero attached hydrogens (tertiary/aromatic N) is 1. The zero-order chi connectivity index (χ0) is 14.9. The highest BCUT2D eigenvalue weighted by atomic mass is 32.2. The number of pyridine rings is 1. The first-order valence-corrected chi connectivity index (χ1v) is 7.61. The van der Waals surface area contributed by atoms with Gasteiger partial charge in [-0.3, -0.25) is 0 Å². The number of ether oxygens (including phenoxy) is 2. The molecule has 0 saturated carbocycles. The first-order valence-electron chi connectivity index (χ1n) is 6.79. The molecule has 0 aliphatic rings. The van der Waals surface area contributed by atoms with Gasteiger partial charge >= 0.3 is 0 Å². The number of benzene rings is 1. The minimum absolute atomic E-state index is 0.704. The van der Waals surface area contributed by atoms with Gasteiger partial charge in [0.1, 0.15) is 10.8 Å². The Morgan fingerprint density at radius 3 is 2.81 bits per heavy atom. The highest BCUT2D eigenvalue weighted by Gasteiger charge is 2.09. The third-order valence-electron chi connectivity index (χ3n) is 2.92. The lowest BCUT2D eigenvalue weighted by atomic mass is 10.3. The van der Waals surface area contributed by atoms with Crippen molar-refractivity contribution in [3.63, 3.8) is 0 Å². The summed E-state index contributed by atoms with van der Waals surface area (Å²) in [5.41, 5.74) is 1.17. The van der Waals surface area contributed by atoms with Crippen LogP contribution in [0.5, 0.6) is 5.75 Å². The molecule has 0 atom stereocenters. The van der Waals surface area contributed by atoms with Crippen molar-refractivity contribution in [3.05, 3.63) is 48.2 Å². The van der Waals surface area contributed by atoms with Crippen molar-refractivity contribution in [2.45, 2.75) is 16.5 Å². The summed E-state index contributed by atoms with van der Waals surface area (Å²) in [6.45, 7) is 2.30. The lowest BCUT2D eigenvalue weighted by Crippen LogP contribution is -2.19. The Kier molecular flexibility index (Phi) is 6.53. The lowest BCUT2D eigenvalue weighted by molar-refractivity contribution is 0.199. The third kappa shape index (κ3) is 4.74. The molecular weight excluding hydrogens is 284 g/mol. The normalized spacial score (nSPS) is 10.6. The molecule has 0 fully saturated rings. The Balaban J connectivity index is 2.09. The Bertz CT molecular complexity index is 563. The van der Waals surface area contributed by atoms with E-state index in [1.54, 1.807) is 26.0 Å². The standard InChI is InChI=1S/C16H20N2O2S/c1-19-11-10-17-12-13-6-5-9-18-16(13)21-15-8-4-3-7-14(15)20-2/h3-9,17H,10-12H2,1-2H3. The molecule has 0 radical (unpaired) electrons. The lowest BCUT2D eigenvalue weighted by Gasteiger charge is -2.11. The molecule has 0 unspecified atom stereocenters. The van der Waals surface area contributed by atoms with E-state index in [2.05, 4.69) is 16.4 Å². The van der Waals surface area contributed by atoms with Crippen LogP contribution in [0.3, 0.4) is 0 Å². The van der Waals surface area contributed by atoms with Crippen LogP contribution >= 0.6 is 11.8 Å². The molecule has 2 rings (SSSR count). The number of hydrogen-bond acceptors (Lipinski definition) is 5. The first kappa shape index (κ1) is 15.8. The average Bonchev–Trinajstić information content (AvgIpc) is 2.53. The second kappa shape index (κ2) is 8.67. The second-order valence-electron chi connectivity index (χ2n) is 4.39. The van der Waals surface area contributed by atoms with E-state index in [9.17, 15) is 0 Å². The van der Waals surface area contributed by atoms with Gasteiger partial charge in [-0.2, -0.15) is 0 Å². The monoisotopic (exact) mass is 304 g/mol.